The Bertz CT molecular complexity index is 671. The molecule has 1 aromatic rings. The number of nitrogens with two attached hydrogens (primary N) is 1. The van der Waals surface area contributed by atoms with Crippen molar-refractivity contribution in [3.05, 3.63) is 29.1 Å². The van der Waals surface area contributed by atoms with Crippen molar-refractivity contribution >= 4 is 17.7 Å². The lowest BCUT2D eigenvalue weighted by Gasteiger charge is -2.42. The Kier molecular flexibility index (Phi) is 4.04. The van der Waals surface area contributed by atoms with Gasteiger partial charge in [0.05, 0.1) is 16.9 Å². The van der Waals surface area contributed by atoms with Crippen LogP contribution in [0, 0.1) is 17.8 Å². The lowest BCUT2D eigenvalue weighted by Crippen LogP contribution is -2.38. The minimum absolute atomic E-state index is 0.319. The molecule has 4 rings (SSSR count). The highest BCUT2D eigenvalue weighted by Crippen LogP contribution is 2.43. The van der Waals surface area contributed by atoms with Gasteiger partial charge >= 0.3 is 0 Å². The predicted octanol–water partition coefficient (Wildman–Crippen LogP) is 2.35. The monoisotopic (exact) mass is 327 g/mol. The van der Waals surface area contributed by atoms with Crippen LogP contribution in [0.1, 0.15) is 53.7 Å². The summed E-state index contributed by atoms with van der Waals surface area (Å²) in [7, 11) is 0. The molecule has 5 heteroatoms. The van der Waals surface area contributed by atoms with E-state index in [2.05, 4.69) is 16.4 Å². The van der Waals surface area contributed by atoms with Crippen molar-refractivity contribution in [3.8, 4) is 0 Å². The number of pyridine rings is 1. The van der Waals surface area contributed by atoms with Crippen molar-refractivity contribution in [3.63, 3.8) is 0 Å². The Hall–Kier alpha value is -1.88. The van der Waals surface area contributed by atoms with Crippen molar-refractivity contribution in [2.75, 3.05) is 11.9 Å². The SMILES string of the molecule is NC(=O)c1cnc2c(c1NC1C[C@H]3CC(CO)C[C@@H](C1)C3)C=CC2. The molecular formula is C19H25N3O2. The largest absolute Gasteiger partial charge is 0.396 e. The molecule has 2 saturated carbocycles. The van der Waals surface area contributed by atoms with E-state index in [1.165, 1.54) is 6.42 Å². The highest BCUT2D eigenvalue weighted by molar-refractivity contribution is 6.00. The number of anilines is 1. The Morgan fingerprint density at radius 2 is 2.00 bits per heavy atom. The summed E-state index contributed by atoms with van der Waals surface area (Å²) in [5.74, 6) is 1.40. The molecule has 3 aliphatic carbocycles. The zero-order chi connectivity index (χ0) is 16.7. The number of hydrogen-bond donors (Lipinski definition) is 3. The topological polar surface area (TPSA) is 88.2 Å². The number of allylic oxidation sites excluding steroid dienone is 1. The van der Waals surface area contributed by atoms with Crippen LogP contribution < -0.4 is 11.1 Å². The van der Waals surface area contributed by atoms with Gasteiger partial charge in [-0.15, -0.1) is 0 Å². The maximum atomic E-state index is 11.8. The average molecular weight is 327 g/mol. The summed E-state index contributed by atoms with van der Waals surface area (Å²) in [6.45, 7) is 0.319. The maximum Gasteiger partial charge on any atom is 0.252 e. The van der Waals surface area contributed by atoms with Crippen LogP contribution in [0.4, 0.5) is 5.69 Å². The maximum absolute atomic E-state index is 11.8. The molecule has 128 valence electrons. The normalized spacial score (nSPS) is 30.9. The Morgan fingerprint density at radius 1 is 1.25 bits per heavy atom. The predicted molar refractivity (Wildman–Crippen MR) is 93.5 cm³/mol. The number of aliphatic hydroxyl groups is 1. The van der Waals surface area contributed by atoms with Crippen LogP contribution in [-0.2, 0) is 6.42 Å². The second kappa shape index (κ2) is 6.20. The van der Waals surface area contributed by atoms with Crippen molar-refractivity contribution < 1.29 is 9.90 Å². The van der Waals surface area contributed by atoms with E-state index in [1.54, 1.807) is 6.20 Å². The molecule has 1 aromatic heterocycles. The van der Waals surface area contributed by atoms with Crippen LogP contribution in [0.3, 0.4) is 0 Å². The number of nitrogens with one attached hydrogen (secondary N) is 1. The van der Waals surface area contributed by atoms with Gasteiger partial charge in [0.2, 0.25) is 0 Å². The van der Waals surface area contributed by atoms with Crippen LogP contribution in [-0.4, -0.2) is 28.6 Å². The van der Waals surface area contributed by atoms with Crippen LogP contribution >= 0.6 is 0 Å². The molecule has 0 saturated heterocycles. The molecular weight excluding hydrogens is 302 g/mol. The van der Waals surface area contributed by atoms with Gasteiger partial charge in [-0.2, -0.15) is 0 Å². The molecule has 4 atom stereocenters. The van der Waals surface area contributed by atoms with E-state index in [4.69, 9.17) is 5.73 Å². The number of carbonyl (C=O) groups excluding carboxylic acids is 1. The van der Waals surface area contributed by atoms with Gasteiger partial charge < -0.3 is 16.2 Å². The van der Waals surface area contributed by atoms with Crippen LogP contribution in [0.15, 0.2) is 12.3 Å². The summed E-state index contributed by atoms with van der Waals surface area (Å²) in [5, 5.41) is 13.1. The second-order valence-electron chi connectivity index (χ2n) is 7.68. The molecule has 2 bridgehead atoms. The van der Waals surface area contributed by atoms with E-state index in [-0.39, 0.29) is 0 Å². The molecule has 0 aliphatic heterocycles. The molecule has 3 aliphatic rings. The first kappa shape index (κ1) is 15.6. The van der Waals surface area contributed by atoms with Gasteiger partial charge in [-0.05, 0) is 49.9 Å². The number of hydrogen-bond acceptors (Lipinski definition) is 4. The van der Waals surface area contributed by atoms with E-state index < -0.39 is 5.91 Å². The number of aromatic nitrogens is 1. The third-order valence-electron chi connectivity index (χ3n) is 5.90. The first-order valence-corrected chi connectivity index (χ1v) is 8.99. The third-order valence-corrected chi connectivity index (χ3v) is 5.90. The van der Waals surface area contributed by atoms with E-state index in [9.17, 15) is 9.90 Å². The highest BCUT2D eigenvalue weighted by atomic mass is 16.3. The molecule has 1 amide bonds. The first-order chi connectivity index (χ1) is 11.6. The summed E-state index contributed by atoms with van der Waals surface area (Å²) in [5.41, 5.74) is 8.96. The summed E-state index contributed by atoms with van der Waals surface area (Å²) < 4.78 is 0. The quantitative estimate of drug-likeness (QED) is 0.792. The van der Waals surface area contributed by atoms with Gasteiger partial charge in [0.25, 0.3) is 5.91 Å². The fourth-order valence-electron chi connectivity index (χ4n) is 5.00. The Labute approximate surface area is 142 Å². The first-order valence-electron chi connectivity index (χ1n) is 8.99. The van der Waals surface area contributed by atoms with E-state index in [0.717, 1.165) is 49.0 Å². The summed E-state index contributed by atoms with van der Waals surface area (Å²) in [6.07, 6.45) is 12.3. The molecule has 0 spiro atoms. The Morgan fingerprint density at radius 3 is 2.67 bits per heavy atom. The van der Waals surface area contributed by atoms with E-state index in [0.29, 0.717) is 36.0 Å². The minimum atomic E-state index is -0.426. The van der Waals surface area contributed by atoms with Gasteiger partial charge in [0, 0.05) is 30.8 Å². The van der Waals surface area contributed by atoms with Crippen molar-refractivity contribution in [1.29, 1.82) is 0 Å². The summed E-state index contributed by atoms with van der Waals surface area (Å²) >= 11 is 0. The molecule has 2 unspecified atom stereocenters. The van der Waals surface area contributed by atoms with Gasteiger partial charge in [-0.25, -0.2) is 0 Å². The molecule has 2 fully saturated rings. The lowest BCUT2D eigenvalue weighted by molar-refractivity contribution is 0.0875. The minimum Gasteiger partial charge on any atom is -0.396 e. The van der Waals surface area contributed by atoms with Gasteiger partial charge in [0.15, 0.2) is 0 Å². The van der Waals surface area contributed by atoms with E-state index >= 15 is 0 Å². The van der Waals surface area contributed by atoms with Crippen molar-refractivity contribution in [2.24, 2.45) is 23.5 Å². The second-order valence-corrected chi connectivity index (χ2v) is 7.68. The summed E-state index contributed by atoms with van der Waals surface area (Å²) in [4.78, 5) is 16.2. The van der Waals surface area contributed by atoms with E-state index in [1.807, 2.05) is 6.08 Å². The summed E-state index contributed by atoms with van der Waals surface area (Å²) in [6, 6.07) is 0.368. The van der Waals surface area contributed by atoms with Crippen LogP contribution in [0.2, 0.25) is 0 Å². The number of amides is 1. The van der Waals surface area contributed by atoms with Crippen LogP contribution in [0.5, 0.6) is 0 Å². The zero-order valence-corrected chi connectivity index (χ0v) is 13.9. The standard InChI is InChI=1S/C19H25N3O2/c20-19(24)16-9-21-17-3-1-2-15(17)18(16)22-14-7-11-4-12(8-14)6-13(5-11)10-23/h1-2,9,11-14,23H,3-8,10H2,(H2,20,24)(H,21,22)/t11-,12+,13?,14?. The lowest BCUT2D eigenvalue weighted by atomic mass is 9.66. The molecule has 5 nitrogen and oxygen atoms in total. The fraction of sp³-hybridized carbons (Fsp3) is 0.579. The number of rotatable bonds is 4. The van der Waals surface area contributed by atoms with Crippen molar-refractivity contribution in [1.82, 2.24) is 4.98 Å². The molecule has 0 aromatic carbocycles. The molecule has 1 heterocycles. The van der Waals surface area contributed by atoms with Gasteiger partial charge in [-0.1, -0.05) is 12.2 Å². The number of fused-ring (bicyclic) bond motifs is 3. The molecule has 4 N–H and O–H groups in total. The average Bonchev–Trinajstić information content (AvgIpc) is 3.03. The number of carbonyl (C=O) groups is 1. The number of primary amides is 1. The van der Waals surface area contributed by atoms with Gasteiger partial charge in [0.1, 0.15) is 0 Å². The van der Waals surface area contributed by atoms with Crippen LogP contribution in [0.25, 0.3) is 6.08 Å². The third kappa shape index (κ3) is 2.81. The zero-order valence-electron chi connectivity index (χ0n) is 13.9. The van der Waals surface area contributed by atoms with Crippen molar-refractivity contribution in [2.45, 2.75) is 44.6 Å². The fourth-order valence-corrected chi connectivity index (χ4v) is 5.00. The smallest absolute Gasteiger partial charge is 0.252 e. The number of aliphatic hydroxyl groups excluding tert-OH is 1. The molecule has 0 radical (unpaired) electrons. The highest BCUT2D eigenvalue weighted by Gasteiger charge is 2.36. The van der Waals surface area contributed by atoms with Gasteiger partial charge in [-0.3, -0.25) is 9.78 Å². The Balaban J connectivity index is 1.57. The number of nitrogens with zero attached hydrogens (tertiary/aromatic N) is 1. The molecule has 24 heavy (non-hydrogen) atoms.